The molecule has 0 spiro atoms. The van der Waals surface area contributed by atoms with Crippen LogP contribution in [-0.4, -0.2) is 19.2 Å². The van der Waals surface area contributed by atoms with Crippen molar-refractivity contribution < 1.29 is 9.53 Å². The van der Waals surface area contributed by atoms with Crippen LogP contribution in [0.5, 0.6) is 0 Å². The van der Waals surface area contributed by atoms with E-state index in [-0.39, 0.29) is 6.09 Å². The highest BCUT2D eigenvalue weighted by Gasteiger charge is 1.97. The standard InChI is InChI=1S/C11H23NO2/c1-3-5-6-7-8-9-10-14-11(13)12-4-2/h3-10H2,1-2H3,(H,12,13). The van der Waals surface area contributed by atoms with Crippen LogP contribution in [0.25, 0.3) is 0 Å². The summed E-state index contributed by atoms with van der Waals surface area (Å²) in [5.41, 5.74) is 0. The fourth-order valence-electron chi connectivity index (χ4n) is 1.24. The zero-order valence-corrected chi connectivity index (χ0v) is 9.47. The van der Waals surface area contributed by atoms with E-state index in [4.69, 9.17) is 4.74 Å². The first-order valence-electron chi connectivity index (χ1n) is 5.71. The highest BCUT2D eigenvalue weighted by atomic mass is 16.5. The number of rotatable bonds is 8. The Morgan fingerprint density at radius 1 is 1.07 bits per heavy atom. The van der Waals surface area contributed by atoms with E-state index in [2.05, 4.69) is 12.2 Å². The summed E-state index contributed by atoms with van der Waals surface area (Å²) in [5, 5.41) is 2.60. The maximum absolute atomic E-state index is 10.8. The molecule has 0 unspecified atom stereocenters. The summed E-state index contributed by atoms with van der Waals surface area (Å²) in [6.07, 6.45) is 7.01. The largest absolute Gasteiger partial charge is 0.450 e. The molecule has 0 radical (unpaired) electrons. The summed E-state index contributed by atoms with van der Waals surface area (Å²) in [7, 11) is 0. The fraction of sp³-hybridized carbons (Fsp3) is 0.909. The third-order valence-electron chi connectivity index (χ3n) is 2.05. The number of hydrogen-bond acceptors (Lipinski definition) is 2. The molecule has 0 heterocycles. The van der Waals surface area contributed by atoms with Gasteiger partial charge in [-0.1, -0.05) is 39.0 Å². The minimum atomic E-state index is -0.291. The monoisotopic (exact) mass is 201 g/mol. The van der Waals surface area contributed by atoms with E-state index in [0.717, 1.165) is 6.42 Å². The molecule has 0 saturated carbocycles. The number of carbonyl (C=O) groups excluding carboxylic acids is 1. The zero-order valence-electron chi connectivity index (χ0n) is 9.47. The summed E-state index contributed by atoms with van der Waals surface area (Å²) in [4.78, 5) is 10.8. The van der Waals surface area contributed by atoms with E-state index in [1.165, 1.54) is 32.1 Å². The van der Waals surface area contributed by atoms with Crippen LogP contribution in [0.3, 0.4) is 0 Å². The molecule has 0 bridgehead atoms. The molecule has 0 aliphatic rings. The van der Waals surface area contributed by atoms with Gasteiger partial charge in [0, 0.05) is 6.54 Å². The van der Waals surface area contributed by atoms with Gasteiger partial charge < -0.3 is 10.1 Å². The van der Waals surface area contributed by atoms with Gasteiger partial charge in [-0.15, -0.1) is 0 Å². The number of amides is 1. The van der Waals surface area contributed by atoms with E-state index in [0.29, 0.717) is 13.2 Å². The summed E-state index contributed by atoms with van der Waals surface area (Å²) in [5.74, 6) is 0. The molecule has 1 N–H and O–H groups in total. The van der Waals surface area contributed by atoms with Crippen molar-refractivity contribution in [1.82, 2.24) is 5.32 Å². The molecule has 1 amide bonds. The SMILES string of the molecule is CCCCCCCCOC(=O)NCC. The maximum atomic E-state index is 10.8. The first-order valence-corrected chi connectivity index (χ1v) is 5.71. The van der Waals surface area contributed by atoms with Crippen molar-refractivity contribution in [1.29, 1.82) is 0 Å². The van der Waals surface area contributed by atoms with Gasteiger partial charge in [-0.05, 0) is 13.3 Å². The lowest BCUT2D eigenvalue weighted by atomic mass is 10.1. The van der Waals surface area contributed by atoms with Crippen LogP contribution < -0.4 is 5.32 Å². The molecule has 0 aliphatic carbocycles. The predicted octanol–water partition coefficient (Wildman–Crippen LogP) is 3.09. The summed E-state index contributed by atoms with van der Waals surface area (Å²) < 4.78 is 4.94. The number of nitrogens with one attached hydrogen (secondary N) is 1. The quantitative estimate of drug-likeness (QED) is 0.613. The first kappa shape index (κ1) is 13.3. The van der Waals surface area contributed by atoms with Gasteiger partial charge in [-0.25, -0.2) is 4.79 Å². The number of hydrogen-bond donors (Lipinski definition) is 1. The second-order valence-electron chi connectivity index (χ2n) is 3.43. The molecule has 0 aromatic rings. The second-order valence-corrected chi connectivity index (χ2v) is 3.43. The highest BCUT2D eigenvalue weighted by Crippen LogP contribution is 2.04. The van der Waals surface area contributed by atoms with Crippen molar-refractivity contribution in [3.63, 3.8) is 0 Å². The topological polar surface area (TPSA) is 38.3 Å². The van der Waals surface area contributed by atoms with Crippen molar-refractivity contribution in [2.75, 3.05) is 13.2 Å². The minimum Gasteiger partial charge on any atom is -0.450 e. The summed E-state index contributed by atoms with van der Waals surface area (Å²) in [6.45, 7) is 5.28. The molecule has 84 valence electrons. The Morgan fingerprint density at radius 3 is 2.36 bits per heavy atom. The molecule has 0 fully saturated rings. The second kappa shape index (κ2) is 10.4. The molecule has 3 nitrogen and oxygen atoms in total. The van der Waals surface area contributed by atoms with E-state index in [1.54, 1.807) is 0 Å². The van der Waals surface area contributed by atoms with Crippen molar-refractivity contribution in [3.05, 3.63) is 0 Å². The van der Waals surface area contributed by atoms with Crippen LogP contribution in [0, 0.1) is 0 Å². The Labute approximate surface area is 87.2 Å². The smallest absolute Gasteiger partial charge is 0.407 e. The lowest BCUT2D eigenvalue weighted by Crippen LogP contribution is -2.23. The lowest BCUT2D eigenvalue weighted by Gasteiger charge is -2.04. The Hall–Kier alpha value is -0.730. The molecule has 0 aromatic carbocycles. The van der Waals surface area contributed by atoms with Gasteiger partial charge in [0.2, 0.25) is 0 Å². The van der Waals surface area contributed by atoms with E-state index >= 15 is 0 Å². The molecule has 0 aliphatic heterocycles. The molecule has 0 saturated heterocycles. The molecular formula is C11H23NO2. The summed E-state index contributed by atoms with van der Waals surface area (Å²) >= 11 is 0. The van der Waals surface area contributed by atoms with Crippen LogP contribution in [0.15, 0.2) is 0 Å². The number of ether oxygens (including phenoxy) is 1. The van der Waals surface area contributed by atoms with E-state index < -0.39 is 0 Å². The Bertz CT molecular complexity index is 137. The van der Waals surface area contributed by atoms with Crippen molar-refractivity contribution >= 4 is 6.09 Å². The van der Waals surface area contributed by atoms with Gasteiger partial charge in [0.25, 0.3) is 0 Å². The third-order valence-corrected chi connectivity index (χ3v) is 2.05. The number of carbonyl (C=O) groups is 1. The van der Waals surface area contributed by atoms with Crippen LogP contribution in [0.4, 0.5) is 4.79 Å². The van der Waals surface area contributed by atoms with Crippen LogP contribution in [-0.2, 0) is 4.74 Å². The Morgan fingerprint density at radius 2 is 1.71 bits per heavy atom. The van der Waals surface area contributed by atoms with Crippen molar-refractivity contribution in [3.8, 4) is 0 Å². The molecule has 3 heteroatoms. The van der Waals surface area contributed by atoms with Crippen molar-refractivity contribution in [2.24, 2.45) is 0 Å². The van der Waals surface area contributed by atoms with Gasteiger partial charge in [0.1, 0.15) is 0 Å². The van der Waals surface area contributed by atoms with Gasteiger partial charge in [0.05, 0.1) is 6.61 Å². The number of alkyl carbamates (subject to hydrolysis) is 1. The van der Waals surface area contributed by atoms with Crippen LogP contribution in [0.1, 0.15) is 52.4 Å². The van der Waals surface area contributed by atoms with Gasteiger partial charge in [-0.3, -0.25) is 0 Å². The maximum Gasteiger partial charge on any atom is 0.407 e. The lowest BCUT2D eigenvalue weighted by molar-refractivity contribution is 0.144. The van der Waals surface area contributed by atoms with Crippen LogP contribution >= 0.6 is 0 Å². The molecule has 0 rings (SSSR count). The third kappa shape index (κ3) is 9.36. The van der Waals surface area contributed by atoms with E-state index in [9.17, 15) is 4.79 Å². The van der Waals surface area contributed by atoms with Crippen molar-refractivity contribution in [2.45, 2.75) is 52.4 Å². The predicted molar refractivity (Wildman–Crippen MR) is 58.4 cm³/mol. The van der Waals surface area contributed by atoms with Gasteiger partial charge in [0.15, 0.2) is 0 Å². The fourth-order valence-corrected chi connectivity index (χ4v) is 1.24. The molecule has 14 heavy (non-hydrogen) atoms. The molecular weight excluding hydrogens is 178 g/mol. The normalized spacial score (nSPS) is 9.86. The van der Waals surface area contributed by atoms with E-state index in [1.807, 2.05) is 6.92 Å². The Balaban J connectivity index is 3.01. The average molecular weight is 201 g/mol. The zero-order chi connectivity index (χ0) is 10.6. The van der Waals surface area contributed by atoms with Crippen LogP contribution in [0.2, 0.25) is 0 Å². The molecule has 0 atom stereocenters. The van der Waals surface area contributed by atoms with Gasteiger partial charge in [-0.2, -0.15) is 0 Å². The molecule has 0 aromatic heterocycles. The first-order chi connectivity index (χ1) is 6.81. The summed E-state index contributed by atoms with van der Waals surface area (Å²) in [6, 6.07) is 0. The number of unbranched alkanes of at least 4 members (excludes halogenated alkanes) is 5. The Kier molecular flexibility index (Phi) is 9.81. The minimum absolute atomic E-state index is 0.291. The van der Waals surface area contributed by atoms with Gasteiger partial charge >= 0.3 is 6.09 Å². The highest BCUT2D eigenvalue weighted by molar-refractivity contribution is 5.66. The average Bonchev–Trinajstić information content (AvgIpc) is 2.17.